The lowest BCUT2D eigenvalue weighted by Crippen LogP contribution is -2.40. The van der Waals surface area contributed by atoms with Gasteiger partial charge in [-0.2, -0.15) is 4.98 Å². The first kappa shape index (κ1) is 30.3. The number of nitrogens with one attached hydrogen (secondary N) is 2. The molecule has 1 aromatic carbocycles. The lowest BCUT2D eigenvalue weighted by atomic mass is 9.75. The van der Waals surface area contributed by atoms with Crippen LogP contribution < -0.4 is 30.1 Å². The van der Waals surface area contributed by atoms with E-state index in [-0.39, 0.29) is 35.2 Å². The summed E-state index contributed by atoms with van der Waals surface area (Å²) in [4.78, 5) is 23.7. The zero-order valence-electron chi connectivity index (χ0n) is 24.7. The zero-order valence-corrected chi connectivity index (χ0v) is 25.6. The maximum Gasteiger partial charge on any atom is 0.244 e. The molecule has 0 radical (unpaired) electrons. The van der Waals surface area contributed by atoms with Gasteiger partial charge in [0.15, 0.2) is 11.4 Å². The molecule has 222 valence electrons. The van der Waals surface area contributed by atoms with Crippen LogP contribution in [0.15, 0.2) is 47.7 Å². The molecule has 4 N–H and O–H groups in total. The van der Waals surface area contributed by atoms with Gasteiger partial charge < -0.3 is 25.4 Å². The maximum absolute atomic E-state index is 12.5. The summed E-state index contributed by atoms with van der Waals surface area (Å²) in [5.41, 5.74) is 6.83. The highest BCUT2D eigenvalue weighted by Gasteiger charge is 2.44. The highest BCUT2D eigenvalue weighted by Crippen LogP contribution is 2.49. The third-order valence-corrected chi connectivity index (χ3v) is 8.20. The Bertz CT molecular complexity index is 1490. The third kappa shape index (κ3) is 6.48. The van der Waals surface area contributed by atoms with E-state index >= 15 is 0 Å². The van der Waals surface area contributed by atoms with E-state index < -0.39 is 21.5 Å². The van der Waals surface area contributed by atoms with Gasteiger partial charge in [0.25, 0.3) is 0 Å². The predicted octanol–water partition coefficient (Wildman–Crippen LogP) is 2.99. The van der Waals surface area contributed by atoms with Crippen LogP contribution in [0.3, 0.4) is 0 Å². The number of likely N-dealkylation sites (N-methyl/N-ethyl adjacent to an activating group) is 1. The molecule has 4 rings (SSSR count). The quantitative estimate of drug-likeness (QED) is 0.404. The molecule has 1 aromatic heterocycles. The molecule has 0 spiro atoms. The van der Waals surface area contributed by atoms with Crippen LogP contribution in [0.25, 0.3) is 0 Å². The molecular formula is C29H40N6O5S. The second-order valence-corrected chi connectivity index (χ2v) is 13.4. The van der Waals surface area contributed by atoms with Gasteiger partial charge in [-0.15, -0.1) is 0 Å². The fraction of sp³-hybridized carbons (Fsp3) is 0.483. The summed E-state index contributed by atoms with van der Waals surface area (Å²) in [5.74, 6) is 0.473. The summed E-state index contributed by atoms with van der Waals surface area (Å²) in [6, 6.07) is 5.61. The van der Waals surface area contributed by atoms with Crippen LogP contribution in [-0.4, -0.2) is 63.8 Å². The molecule has 41 heavy (non-hydrogen) atoms. The van der Waals surface area contributed by atoms with E-state index in [1.54, 1.807) is 30.5 Å². The number of rotatable bonds is 9. The van der Waals surface area contributed by atoms with Crippen LogP contribution in [0.4, 0.5) is 11.6 Å². The normalized spacial score (nSPS) is 21.1. The van der Waals surface area contributed by atoms with E-state index in [1.165, 1.54) is 7.11 Å². The number of nitrogens with zero attached hydrogens (tertiary/aromatic N) is 3. The number of nitrogens with two attached hydrogens (primary N) is 1. The molecule has 0 saturated carbocycles. The average Bonchev–Trinajstić information content (AvgIpc) is 3.43. The summed E-state index contributed by atoms with van der Waals surface area (Å²) >= 11 is 0. The molecule has 1 amide bonds. The van der Waals surface area contributed by atoms with Crippen molar-refractivity contribution in [1.82, 2.24) is 15.3 Å². The van der Waals surface area contributed by atoms with Crippen molar-refractivity contribution in [2.24, 2.45) is 5.73 Å². The van der Waals surface area contributed by atoms with Crippen molar-refractivity contribution >= 4 is 27.6 Å². The molecule has 11 nitrogen and oxygen atoms in total. The van der Waals surface area contributed by atoms with Gasteiger partial charge in [0.2, 0.25) is 27.8 Å². The van der Waals surface area contributed by atoms with Gasteiger partial charge in [0, 0.05) is 49.5 Å². The Hall–Kier alpha value is -3.64. The van der Waals surface area contributed by atoms with Gasteiger partial charge in [-0.1, -0.05) is 32.9 Å². The summed E-state index contributed by atoms with van der Waals surface area (Å²) < 4.78 is 40.1. The lowest BCUT2D eigenvalue weighted by Gasteiger charge is -2.39. The van der Waals surface area contributed by atoms with Crippen molar-refractivity contribution in [3.63, 3.8) is 0 Å². The van der Waals surface area contributed by atoms with E-state index in [0.29, 0.717) is 17.1 Å². The second-order valence-electron chi connectivity index (χ2n) is 11.7. The molecule has 2 aromatic rings. The number of primary amides is 1. The first-order valence-corrected chi connectivity index (χ1v) is 15.4. The number of hydrogen-bond acceptors (Lipinski definition) is 9. The smallest absolute Gasteiger partial charge is 0.244 e. The SMILES string of the molecule is COc1c(NS(C)(=O)=O)cc(C(C)(C)C)cc1C1(Oc2ccnc(N(C)C3CCNC3)n2)CC(C(N)=O)=CC=C1C. The molecule has 0 bridgehead atoms. The molecule has 12 heteroatoms. The number of benzene rings is 1. The van der Waals surface area contributed by atoms with Crippen LogP contribution in [0, 0.1) is 0 Å². The first-order valence-electron chi connectivity index (χ1n) is 13.5. The number of ether oxygens (including phenoxy) is 2. The Labute approximate surface area is 242 Å². The monoisotopic (exact) mass is 584 g/mol. The second kappa shape index (κ2) is 11.3. The molecular weight excluding hydrogens is 544 g/mol. The number of methoxy groups -OCH3 is 1. The largest absolute Gasteiger partial charge is 0.494 e. The third-order valence-electron chi connectivity index (χ3n) is 7.61. The van der Waals surface area contributed by atoms with Crippen LogP contribution in [0.5, 0.6) is 11.6 Å². The molecule has 1 aliphatic heterocycles. The van der Waals surface area contributed by atoms with Crippen LogP contribution in [0.1, 0.15) is 51.7 Å². The molecule has 1 saturated heterocycles. The van der Waals surface area contributed by atoms with Gasteiger partial charge in [0.1, 0.15) is 0 Å². The van der Waals surface area contributed by atoms with Crippen molar-refractivity contribution in [3.05, 3.63) is 58.8 Å². The van der Waals surface area contributed by atoms with Gasteiger partial charge >= 0.3 is 0 Å². The Morgan fingerprint density at radius 3 is 2.59 bits per heavy atom. The minimum Gasteiger partial charge on any atom is -0.494 e. The van der Waals surface area contributed by atoms with Crippen molar-refractivity contribution in [3.8, 4) is 11.6 Å². The minimum atomic E-state index is -3.66. The van der Waals surface area contributed by atoms with Gasteiger partial charge in [-0.3, -0.25) is 9.52 Å². The average molecular weight is 585 g/mol. The molecule has 2 atom stereocenters. The molecule has 1 fully saturated rings. The minimum absolute atomic E-state index is 0.0780. The van der Waals surface area contributed by atoms with E-state index in [0.717, 1.165) is 36.9 Å². The fourth-order valence-electron chi connectivity index (χ4n) is 5.20. The highest BCUT2D eigenvalue weighted by molar-refractivity contribution is 7.92. The highest BCUT2D eigenvalue weighted by atomic mass is 32.2. The Balaban J connectivity index is 1.94. The Morgan fingerprint density at radius 1 is 1.27 bits per heavy atom. The molecule has 1 aliphatic carbocycles. The summed E-state index contributed by atoms with van der Waals surface area (Å²) in [6.45, 7) is 9.72. The first-order chi connectivity index (χ1) is 19.1. The van der Waals surface area contributed by atoms with E-state index in [1.807, 2.05) is 45.7 Å². The van der Waals surface area contributed by atoms with Crippen molar-refractivity contribution in [2.45, 2.75) is 57.6 Å². The molecule has 2 heterocycles. The Morgan fingerprint density at radius 2 is 2.00 bits per heavy atom. The summed E-state index contributed by atoms with van der Waals surface area (Å²) in [5, 5.41) is 3.35. The van der Waals surface area contributed by atoms with Crippen molar-refractivity contribution in [2.75, 3.05) is 43.1 Å². The Kier molecular flexibility index (Phi) is 8.38. The number of aromatic nitrogens is 2. The lowest BCUT2D eigenvalue weighted by molar-refractivity contribution is -0.115. The summed E-state index contributed by atoms with van der Waals surface area (Å²) in [6.07, 6.45) is 7.23. The number of sulfonamides is 1. The summed E-state index contributed by atoms with van der Waals surface area (Å²) in [7, 11) is -0.243. The van der Waals surface area contributed by atoms with Gasteiger partial charge in [0.05, 0.1) is 19.1 Å². The van der Waals surface area contributed by atoms with Crippen LogP contribution in [-0.2, 0) is 25.8 Å². The number of allylic oxidation sites excluding steroid dienone is 2. The standard InChI is InChI=1S/C29H40N6O5S/c1-18-8-9-19(26(30)36)16-29(18,40-24-11-13-32-27(33-24)35(5)21-10-12-31-17-21)22-14-20(28(2,3)4)15-23(25(22)39-6)34-41(7,37)38/h8-9,11,13-15,21,31,34H,10,12,16-17H2,1-7H3,(H2,30,36). The van der Waals surface area contributed by atoms with E-state index in [4.69, 9.17) is 20.2 Å². The molecule has 2 aliphatic rings. The van der Waals surface area contributed by atoms with E-state index in [9.17, 15) is 13.2 Å². The number of carbonyl (C=O) groups is 1. The number of carbonyl (C=O) groups excluding carboxylic acids is 1. The molecule has 2 unspecified atom stereocenters. The van der Waals surface area contributed by atoms with Crippen LogP contribution in [0.2, 0.25) is 0 Å². The van der Waals surface area contributed by atoms with Crippen molar-refractivity contribution in [1.29, 1.82) is 0 Å². The van der Waals surface area contributed by atoms with Crippen LogP contribution >= 0.6 is 0 Å². The number of anilines is 2. The topological polar surface area (TPSA) is 149 Å². The number of hydrogen-bond donors (Lipinski definition) is 3. The number of amides is 1. The van der Waals surface area contributed by atoms with Gasteiger partial charge in [-0.05, 0) is 48.6 Å². The van der Waals surface area contributed by atoms with E-state index in [2.05, 4.69) is 15.0 Å². The van der Waals surface area contributed by atoms with Crippen molar-refractivity contribution < 1.29 is 22.7 Å². The fourth-order valence-corrected chi connectivity index (χ4v) is 5.75. The zero-order chi connectivity index (χ0) is 30.2. The maximum atomic E-state index is 12.5. The van der Waals surface area contributed by atoms with Gasteiger partial charge in [-0.25, -0.2) is 13.4 Å². The predicted molar refractivity (Wildman–Crippen MR) is 160 cm³/mol.